The van der Waals surface area contributed by atoms with E-state index in [1.54, 1.807) is 0 Å². The average Bonchev–Trinajstić information content (AvgIpc) is 2.25. The predicted molar refractivity (Wildman–Crippen MR) is 37.2 cm³/mol. The molecule has 0 aromatic rings. The SMILES string of the molecule is CN1[C@H]2CC[C@H]1[C@@H](N)C2. The smallest absolute Gasteiger partial charge is 0.0248 e. The summed E-state index contributed by atoms with van der Waals surface area (Å²) in [5.41, 5.74) is 5.87. The van der Waals surface area contributed by atoms with Crippen LogP contribution < -0.4 is 5.73 Å². The first-order valence-electron chi connectivity index (χ1n) is 3.76. The lowest BCUT2D eigenvalue weighted by Gasteiger charge is -2.16. The van der Waals surface area contributed by atoms with E-state index in [4.69, 9.17) is 5.73 Å². The molecule has 0 aromatic heterocycles. The quantitative estimate of drug-likeness (QED) is 0.501. The molecule has 9 heavy (non-hydrogen) atoms. The highest BCUT2D eigenvalue weighted by Crippen LogP contribution is 2.34. The van der Waals surface area contributed by atoms with Gasteiger partial charge in [0.1, 0.15) is 0 Å². The molecule has 0 amide bonds. The molecule has 0 spiro atoms. The Balaban J connectivity index is 2.16. The van der Waals surface area contributed by atoms with Gasteiger partial charge in [0.25, 0.3) is 0 Å². The van der Waals surface area contributed by atoms with Crippen molar-refractivity contribution in [2.24, 2.45) is 5.73 Å². The van der Waals surface area contributed by atoms with Crippen molar-refractivity contribution in [1.29, 1.82) is 0 Å². The number of nitrogens with two attached hydrogens (primary N) is 1. The zero-order valence-electron chi connectivity index (χ0n) is 5.88. The first-order valence-corrected chi connectivity index (χ1v) is 3.76. The Morgan fingerprint density at radius 1 is 1.44 bits per heavy atom. The van der Waals surface area contributed by atoms with Crippen LogP contribution in [0.3, 0.4) is 0 Å². The van der Waals surface area contributed by atoms with Crippen LogP contribution in [0.25, 0.3) is 0 Å². The standard InChI is InChI=1S/C7H14N2/c1-9-5-2-3-7(9)6(8)4-5/h5-7H,2-4,8H2,1H3/t5-,6-,7-/m0/s1. The molecule has 2 heterocycles. The van der Waals surface area contributed by atoms with Crippen LogP contribution in [0.5, 0.6) is 0 Å². The van der Waals surface area contributed by atoms with Crippen LogP contribution in [-0.4, -0.2) is 30.1 Å². The largest absolute Gasteiger partial charge is 0.326 e. The zero-order chi connectivity index (χ0) is 6.43. The van der Waals surface area contributed by atoms with E-state index in [0.717, 1.165) is 12.1 Å². The van der Waals surface area contributed by atoms with E-state index in [0.29, 0.717) is 6.04 Å². The summed E-state index contributed by atoms with van der Waals surface area (Å²) in [7, 11) is 2.20. The molecule has 2 aliphatic rings. The van der Waals surface area contributed by atoms with Gasteiger partial charge in [-0.1, -0.05) is 0 Å². The summed E-state index contributed by atoms with van der Waals surface area (Å²) in [5, 5.41) is 0. The first-order chi connectivity index (χ1) is 4.29. The fraction of sp³-hybridized carbons (Fsp3) is 1.00. The van der Waals surface area contributed by atoms with Crippen LogP contribution in [-0.2, 0) is 0 Å². The zero-order valence-corrected chi connectivity index (χ0v) is 5.88. The summed E-state index contributed by atoms with van der Waals surface area (Å²) in [4.78, 5) is 2.45. The maximum Gasteiger partial charge on any atom is 0.0248 e. The highest BCUT2D eigenvalue weighted by Gasteiger charge is 2.41. The number of hydrogen-bond donors (Lipinski definition) is 1. The Bertz CT molecular complexity index is 124. The molecule has 2 N–H and O–H groups in total. The van der Waals surface area contributed by atoms with Gasteiger partial charge in [0.2, 0.25) is 0 Å². The van der Waals surface area contributed by atoms with E-state index < -0.39 is 0 Å². The van der Waals surface area contributed by atoms with Crippen molar-refractivity contribution >= 4 is 0 Å². The number of likely N-dealkylation sites (N-methyl/N-ethyl adjacent to an activating group) is 1. The summed E-state index contributed by atoms with van der Waals surface area (Å²) in [5.74, 6) is 0. The van der Waals surface area contributed by atoms with E-state index in [1.807, 2.05) is 0 Å². The summed E-state index contributed by atoms with van der Waals surface area (Å²) >= 11 is 0. The molecule has 0 radical (unpaired) electrons. The van der Waals surface area contributed by atoms with Gasteiger partial charge in [-0.3, -0.25) is 4.90 Å². The highest BCUT2D eigenvalue weighted by atomic mass is 15.2. The van der Waals surface area contributed by atoms with Crippen LogP contribution in [0, 0.1) is 0 Å². The Kier molecular flexibility index (Phi) is 1.08. The minimum absolute atomic E-state index is 0.480. The van der Waals surface area contributed by atoms with Crippen molar-refractivity contribution in [1.82, 2.24) is 4.90 Å². The van der Waals surface area contributed by atoms with Crippen LogP contribution in [0.2, 0.25) is 0 Å². The molecule has 2 heteroatoms. The molecular formula is C7H14N2. The van der Waals surface area contributed by atoms with Crippen LogP contribution >= 0.6 is 0 Å². The van der Waals surface area contributed by atoms with Crippen molar-refractivity contribution < 1.29 is 0 Å². The van der Waals surface area contributed by atoms with Gasteiger partial charge < -0.3 is 5.73 Å². The molecule has 0 aliphatic carbocycles. The molecule has 2 nitrogen and oxygen atoms in total. The van der Waals surface area contributed by atoms with Gasteiger partial charge in [-0.25, -0.2) is 0 Å². The van der Waals surface area contributed by atoms with Crippen molar-refractivity contribution in [3.63, 3.8) is 0 Å². The third-order valence-corrected chi connectivity index (χ3v) is 2.93. The van der Waals surface area contributed by atoms with E-state index in [1.165, 1.54) is 19.3 Å². The number of fused-ring (bicyclic) bond motifs is 2. The lowest BCUT2D eigenvalue weighted by Crippen LogP contribution is -2.34. The third-order valence-electron chi connectivity index (χ3n) is 2.93. The molecule has 0 aromatic carbocycles. The summed E-state index contributed by atoms with van der Waals surface area (Å²) in [6.45, 7) is 0. The molecule has 2 rings (SSSR count). The van der Waals surface area contributed by atoms with Crippen molar-refractivity contribution in [2.75, 3.05) is 7.05 Å². The molecule has 0 saturated carbocycles. The molecule has 2 aliphatic heterocycles. The Morgan fingerprint density at radius 2 is 2.22 bits per heavy atom. The second-order valence-corrected chi connectivity index (χ2v) is 3.36. The molecule has 2 saturated heterocycles. The third kappa shape index (κ3) is 0.634. The van der Waals surface area contributed by atoms with Crippen LogP contribution in [0.4, 0.5) is 0 Å². The molecule has 0 unspecified atom stereocenters. The summed E-state index contributed by atoms with van der Waals surface area (Å²) in [6, 6.07) is 2.02. The normalized spacial score (nSPS) is 50.7. The molecular weight excluding hydrogens is 112 g/mol. The summed E-state index contributed by atoms with van der Waals surface area (Å²) in [6.07, 6.45) is 3.96. The maximum atomic E-state index is 5.87. The monoisotopic (exact) mass is 126 g/mol. The van der Waals surface area contributed by atoms with Crippen LogP contribution in [0.15, 0.2) is 0 Å². The van der Waals surface area contributed by atoms with E-state index in [9.17, 15) is 0 Å². The minimum atomic E-state index is 0.480. The lowest BCUT2D eigenvalue weighted by molar-refractivity contribution is 0.307. The van der Waals surface area contributed by atoms with Crippen molar-refractivity contribution in [3.05, 3.63) is 0 Å². The number of hydrogen-bond acceptors (Lipinski definition) is 2. The number of nitrogens with zero attached hydrogens (tertiary/aromatic N) is 1. The van der Waals surface area contributed by atoms with Gasteiger partial charge in [0.05, 0.1) is 0 Å². The summed E-state index contributed by atoms with van der Waals surface area (Å²) < 4.78 is 0. The van der Waals surface area contributed by atoms with Crippen LogP contribution in [0.1, 0.15) is 19.3 Å². The van der Waals surface area contributed by atoms with Gasteiger partial charge in [0, 0.05) is 18.1 Å². The molecule has 2 bridgehead atoms. The van der Waals surface area contributed by atoms with Gasteiger partial charge in [-0.15, -0.1) is 0 Å². The molecule has 52 valence electrons. The van der Waals surface area contributed by atoms with E-state index >= 15 is 0 Å². The number of rotatable bonds is 0. The van der Waals surface area contributed by atoms with Crippen molar-refractivity contribution in [3.8, 4) is 0 Å². The van der Waals surface area contributed by atoms with Gasteiger partial charge >= 0.3 is 0 Å². The highest BCUT2D eigenvalue weighted by molar-refractivity contribution is 5.00. The molecule has 2 fully saturated rings. The Morgan fingerprint density at radius 3 is 2.44 bits per heavy atom. The van der Waals surface area contributed by atoms with E-state index in [2.05, 4.69) is 11.9 Å². The maximum absolute atomic E-state index is 5.87. The Hall–Kier alpha value is -0.0800. The van der Waals surface area contributed by atoms with Gasteiger partial charge in [0.15, 0.2) is 0 Å². The first kappa shape index (κ1) is 5.69. The fourth-order valence-corrected chi connectivity index (χ4v) is 2.31. The van der Waals surface area contributed by atoms with E-state index in [-0.39, 0.29) is 0 Å². The van der Waals surface area contributed by atoms with Gasteiger partial charge in [-0.2, -0.15) is 0 Å². The Labute approximate surface area is 56.0 Å². The predicted octanol–water partition coefficient (Wildman–Crippen LogP) is 0.180. The lowest BCUT2D eigenvalue weighted by atomic mass is 9.97. The second kappa shape index (κ2) is 1.70. The fourth-order valence-electron chi connectivity index (χ4n) is 2.31. The van der Waals surface area contributed by atoms with Crippen molar-refractivity contribution in [2.45, 2.75) is 37.4 Å². The minimum Gasteiger partial charge on any atom is -0.326 e. The topological polar surface area (TPSA) is 29.3 Å². The second-order valence-electron chi connectivity index (χ2n) is 3.36. The average molecular weight is 126 g/mol. The molecule has 3 atom stereocenters. The van der Waals surface area contributed by atoms with Gasteiger partial charge in [-0.05, 0) is 26.3 Å².